The quantitative estimate of drug-likeness (QED) is 0.210. The van der Waals surface area contributed by atoms with Gasteiger partial charge in [-0.1, -0.05) is 0 Å². The van der Waals surface area contributed by atoms with Gasteiger partial charge in [-0.05, 0) is 72.1 Å². The lowest BCUT2D eigenvalue weighted by molar-refractivity contribution is 0.269. The summed E-state index contributed by atoms with van der Waals surface area (Å²) in [7, 11) is 2.19. The number of aliphatic imine (C=N–C) groups is 1. The molecule has 0 saturated heterocycles. The molecule has 0 unspecified atom stereocenters. The lowest BCUT2D eigenvalue weighted by Gasteiger charge is -2.20. The molecule has 0 aromatic rings. The molecule has 4 nitrogen and oxygen atoms in total. The van der Waals surface area contributed by atoms with E-state index in [2.05, 4.69) is 54.6 Å². The van der Waals surface area contributed by atoms with Crippen molar-refractivity contribution in [3.05, 3.63) is 0 Å². The minimum Gasteiger partial charge on any atom is -0.357 e. The van der Waals surface area contributed by atoms with Crippen LogP contribution >= 0.6 is 35.7 Å². The van der Waals surface area contributed by atoms with Crippen molar-refractivity contribution in [2.75, 3.05) is 45.2 Å². The number of nitrogens with one attached hydrogen (secondary N) is 2. The Morgan fingerprint density at radius 1 is 1.14 bits per heavy atom. The van der Waals surface area contributed by atoms with Crippen LogP contribution in [0.2, 0.25) is 0 Å². The number of halogens is 1. The van der Waals surface area contributed by atoms with Crippen LogP contribution in [0.1, 0.15) is 46.5 Å². The standard InChI is InChI=1S/C16H36N4S.HI/c1-6-17-16(19-12-8-10-14-21-5)18-11-7-9-13-20(4)15(2)3;/h15H,6-14H2,1-5H3,(H2,17,18,19);1H. The first-order chi connectivity index (χ1) is 10.1. The molecule has 0 saturated carbocycles. The molecule has 0 heterocycles. The van der Waals surface area contributed by atoms with E-state index in [9.17, 15) is 0 Å². The van der Waals surface area contributed by atoms with Crippen LogP contribution in [0.4, 0.5) is 0 Å². The Kier molecular flexibility index (Phi) is 19.7. The molecule has 6 heteroatoms. The molecule has 22 heavy (non-hydrogen) atoms. The smallest absolute Gasteiger partial charge is 0.191 e. The van der Waals surface area contributed by atoms with Crippen LogP contribution in [0.25, 0.3) is 0 Å². The van der Waals surface area contributed by atoms with E-state index in [1.54, 1.807) is 0 Å². The summed E-state index contributed by atoms with van der Waals surface area (Å²) in [6.07, 6.45) is 7.01. The van der Waals surface area contributed by atoms with Gasteiger partial charge < -0.3 is 15.5 Å². The molecule has 2 N–H and O–H groups in total. The lowest BCUT2D eigenvalue weighted by Crippen LogP contribution is -2.38. The summed E-state index contributed by atoms with van der Waals surface area (Å²) in [5.41, 5.74) is 0. The fraction of sp³-hybridized carbons (Fsp3) is 0.938. The Balaban J connectivity index is 0. The Hall–Kier alpha value is 0.310. The molecule has 0 aromatic carbocycles. The van der Waals surface area contributed by atoms with Crippen LogP contribution in [-0.2, 0) is 0 Å². The summed E-state index contributed by atoms with van der Waals surface area (Å²) in [4.78, 5) is 7.03. The van der Waals surface area contributed by atoms with Crippen molar-refractivity contribution in [3.63, 3.8) is 0 Å². The third-order valence-electron chi connectivity index (χ3n) is 3.48. The molecule has 0 aliphatic rings. The molecule has 0 rings (SSSR count). The van der Waals surface area contributed by atoms with Gasteiger partial charge in [0, 0.05) is 25.7 Å². The van der Waals surface area contributed by atoms with Crippen molar-refractivity contribution in [1.29, 1.82) is 0 Å². The second kappa shape index (κ2) is 17.7. The van der Waals surface area contributed by atoms with Gasteiger partial charge in [-0.3, -0.25) is 4.99 Å². The van der Waals surface area contributed by atoms with E-state index < -0.39 is 0 Å². The Morgan fingerprint density at radius 2 is 1.86 bits per heavy atom. The van der Waals surface area contributed by atoms with E-state index in [4.69, 9.17) is 0 Å². The largest absolute Gasteiger partial charge is 0.357 e. The number of rotatable bonds is 12. The van der Waals surface area contributed by atoms with Gasteiger partial charge in [0.05, 0.1) is 0 Å². The minimum atomic E-state index is 0. The molecule has 134 valence electrons. The maximum Gasteiger partial charge on any atom is 0.191 e. The average Bonchev–Trinajstić information content (AvgIpc) is 2.46. The third kappa shape index (κ3) is 15.2. The summed E-state index contributed by atoms with van der Waals surface area (Å²) in [5, 5.41) is 6.73. The fourth-order valence-corrected chi connectivity index (χ4v) is 2.33. The molecule has 0 bridgehead atoms. The third-order valence-corrected chi connectivity index (χ3v) is 4.18. The second-order valence-corrected chi connectivity index (χ2v) is 6.65. The summed E-state index contributed by atoms with van der Waals surface area (Å²) in [6.45, 7) is 10.6. The molecule has 0 spiro atoms. The van der Waals surface area contributed by atoms with Crippen molar-refractivity contribution in [2.45, 2.75) is 52.5 Å². The van der Waals surface area contributed by atoms with E-state index in [-0.39, 0.29) is 24.0 Å². The Bertz CT molecular complexity index is 263. The van der Waals surface area contributed by atoms with Gasteiger partial charge in [-0.15, -0.1) is 24.0 Å². The number of hydrogen-bond donors (Lipinski definition) is 2. The number of guanidine groups is 1. The summed E-state index contributed by atoms with van der Waals surface area (Å²) in [5.74, 6) is 2.22. The van der Waals surface area contributed by atoms with E-state index in [1.165, 1.54) is 25.0 Å². The molecule has 0 aliphatic carbocycles. The molecule has 0 atom stereocenters. The zero-order valence-corrected chi connectivity index (χ0v) is 18.3. The van der Waals surface area contributed by atoms with E-state index >= 15 is 0 Å². The highest BCUT2D eigenvalue weighted by molar-refractivity contribution is 14.0. The first-order valence-corrected chi connectivity index (χ1v) is 9.72. The molecule has 0 aliphatic heterocycles. The molecule has 0 radical (unpaired) electrons. The monoisotopic (exact) mass is 444 g/mol. The van der Waals surface area contributed by atoms with Crippen LogP contribution in [0.3, 0.4) is 0 Å². The molecule has 0 amide bonds. The predicted octanol–water partition coefficient (Wildman–Crippen LogP) is 3.42. The summed E-state index contributed by atoms with van der Waals surface area (Å²) < 4.78 is 0. The van der Waals surface area contributed by atoms with Gasteiger partial charge in [0.2, 0.25) is 0 Å². The zero-order valence-electron chi connectivity index (χ0n) is 15.2. The van der Waals surface area contributed by atoms with Crippen molar-refractivity contribution in [2.24, 2.45) is 4.99 Å². The second-order valence-electron chi connectivity index (χ2n) is 5.67. The first-order valence-electron chi connectivity index (χ1n) is 8.33. The number of hydrogen-bond acceptors (Lipinski definition) is 3. The van der Waals surface area contributed by atoms with E-state index in [0.717, 1.165) is 38.6 Å². The van der Waals surface area contributed by atoms with Gasteiger partial charge in [-0.25, -0.2) is 0 Å². The van der Waals surface area contributed by atoms with Crippen LogP contribution in [-0.4, -0.2) is 62.1 Å². The van der Waals surface area contributed by atoms with Gasteiger partial charge in [-0.2, -0.15) is 11.8 Å². The van der Waals surface area contributed by atoms with Gasteiger partial charge in [0.25, 0.3) is 0 Å². The highest BCUT2D eigenvalue weighted by atomic mass is 127. The Labute approximate surface area is 159 Å². The molecule has 0 aromatic heterocycles. The van der Waals surface area contributed by atoms with E-state index in [1.807, 2.05) is 11.8 Å². The van der Waals surface area contributed by atoms with Crippen LogP contribution in [0.15, 0.2) is 4.99 Å². The maximum absolute atomic E-state index is 4.64. The number of unbranched alkanes of at least 4 members (excludes halogenated alkanes) is 2. The summed E-state index contributed by atoms with van der Waals surface area (Å²) >= 11 is 1.92. The predicted molar refractivity (Wildman–Crippen MR) is 114 cm³/mol. The topological polar surface area (TPSA) is 39.7 Å². The van der Waals surface area contributed by atoms with Gasteiger partial charge in [0.15, 0.2) is 5.96 Å². The maximum atomic E-state index is 4.64. The molecular formula is C16H37IN4S. The molecular weight excluding hydrogens is 407 g/mol. The van der Waals surface area contributed by atoms with Crippen molar-refractivity contribution >= 4 is 41.7 Å². The van der Waals surface area contributed by atoms with Gasteiger partial charge >= 0.3 is 0 Å². The molecule has 0 fully saturated rings. The van der Waals surface area contributed by atoms with Crippen molar-refractivity contribution in [1.82, 2.24) is 15.5 Å². The lowest BCUT2D eigenvalue weighted by atomic mass is 10.2. The van der Waals surface area contributed by atoms with E-state index in [0.29, 0.717) is 6.04 Å². The zero-order chi connectivity index (χ0) is 15.9. The highest BCUT2D eigenvalue weighted by Gasteiger charge is 2.02. The normalized spacial score (nSPS) is 11.7. The number of nitrogens with zero attached hydrogens (tertiary/aromatic N) is 2. The highest BCUT2D eigenvalue weighted by Crippen LogP contribution is 1.99. The van der Waals surface area contributed by atoms with Crippen molar-refractivity contribution < 1.29 is 0 Å². The van der Waals surface area contributed by atoms with Gasteiger partial charge in [0.1, 0.15) is 0 Å². The van der Waals surface area contributed by atoms with Crippen molar-refractivity contribution in [3.8, 4) is 0 Å². The SMILES string of the molecule is CCNC(=NCCCCN(C)C(C)C)NCCCCSC.I. The number of thioether (sulfide) groups is 1. The first kappa shape index (κ1) is 24.6. The van der Waals surface area contributed by atoms with Crippen LogP contribution in [0, 0.1) is 0 Å². The minimum absolute atomic E-state index is 0. The fourth-order valence-electron chi connectivity index (χ4n) is 1.84. The van der Waals surface area contributed by atoms with Crippen LogP contribution in [0.5, 0.6) is 0 Å². The van der Waals surface area contributed by atoms with Crippen LogP contribution < -0.4 is 10.6 Å². The Morgan fingerprint density at radius 3 is 2.45 bits per heavy atom. The summed E-state index contributed by atoms with van der Waals surface area (Å²) in [6, 6.07) is 0.633. The average molecular weight is 444 g/mol.